The van der Waals surface area contributed by atoms with E-state index >= 15 is 0 Å². The first-order valence-corrected chi connectivity index (χ1v) is 11.9. The molecule has 2 heterocycles. The summed E-state index contributed by atoms with van der Waals surface area (Å²) in [6.45, 7) is 9.83. The van der Waals surface area contributed by atoms with Gasteiger partial charge in [-0.15, -0.1) is 0 Å². The zero-order chi connectivity index (χ0) is 20.3. The van der Waals surface area contributed by atoms with Gasteiger partial charge in [0, 0.05) is 51.2 Å². The SMILES string of the molecule is CNCC1CCC(OC(NC)C2CCOCC2CNCCN2CCOCC2)CC1. The monoisotopic (exact) mass is 412 g/mol. The van der Waals surface area contributed by atoms with E-state index in [1.165, 1.54) is 25.7 Å². The van der Waals surface area contributed by atoms with Crippen LogP contribution in [0.25, 0.3) is 0 Å². The van der Waals surface area contributed by atoms with E-state index in [4.69, 9.17) is 14.2 Å². The molecule has 170 valence electrons. The fourth-order valence-corrected chi connectivity index (χ4v) is 5.12. The number of nitrogens with zero attached hydrogens (tertiary/aromatic N) is 1. The molecular formula is C22H44N4O3. The van der Waals surface area contributed by atoms with Gasteiger partial charge in [0.25, 0.3) is 0 Å². The van der Waals surface area contributed by atoms with Crippen molar-refractivity contribution in [1.29, 1.82) is 0 Å². The van der Waals surface area contributed by atoms with Crippen LogP contribution in [-0.4, -0.2) is 97.0 Å². The molecule has 0 aromatic carbocycles. The van der Waals surface area contributed by atoms with Crippen LogP contribution < -0.4 is 16.0 Å². The van der Waals surface area contributed by atoms with Crippen LogP contribution in [0.2, 0.25) is 0 Å². The molecule has 3 rings (SSSR count). The summed E-state index contributed by atoms with van der Waals surface area (Å²) in [4.78, 5) is 2.48. The molecule has 0 amide bonds. The van der Waals surface area contributed by atoms with Crippen LogP contribution in [0.15, 0.2) is 0 Å². The van der Waals surface area contributed by atoms with E-state index in [1.807, 2.05) is 0 Å². The Bertz CT molecular complexity index is 428. The molecule has 3 atom stereocenters. The number of morpholine rings is 1. The second-order valence-corrected chi connectivity index (χ2v) is 8.99. The van der Waals surface area contributed by atoms with Crippen LogP contribution in [0, 0.1) is 17.8 Å². The van der Waals surface area contributed by atoms with Gasteiger partial charge in [-0.05, 0) is 58.7 Å². The highest BCUT2D eigenvalue weighted by Gasteiger charge is 2.34. The summed E-state index contributed by atoms with van der Waals surface area (Å²) in [5.41, 5.74) is 0. The van der Waals surface area contributed by atoms with Crippen molar-refractivity contribution in [2.45, 2.75) is 44.4 Å². The highest BCUT2D eigenvalue weighted by molar-refractivity contribution is 4.83. The molecule has 2 aliphatic heterocycles. The van der Waals surface area contributed by atoms with Crippen molar-refractivity contribution in [3.05, 3.63) is 0 Å². The van der Waals surface area contributed by atoms with Gasteiger partial charge < -0.3 is 24.8 Å². The Kier molecular flexibility index (Phi) is 10.6. The summed E-state index contributed by atoms with van der Waals surface area (Å²) in [7, 11) is 4.11. The maximum absolute atomic E-state index is 6.60. The molecule has 3 unspecified atom stereocenters. The third-order valence-electron chi connectivity index (χ3n) is 6.95. The van der Waals surface area contributed by atoms with Gasteiger partial charge >= 0.3 is 0 Å². The normalized spacial score (nSPS) is 32.9. The number of rotatable bonds is 11. The maximum Gasteiger partial charge on any atom is 0.111 e. The first-order valence-electron chi connectivity index (χ1n) is 11.9. The van der Waals surface area contributed by atoms with E-state index in [1.54, 1.807) is 0 Å². The Hall–Kier alpha value is -0.280. The average molecular weight is 413 g/mol. The summed E-state index contributed by atoms with van der Waals surface area (Å²) >= 11 is 0. The minimum Gasteiger partial charge on any atom is -0.381 e. The van der Waals surface area contributed by atoms with Crippen molar-refractivity contribution in [3.63, 3.8) is 0 Å². The van der Waals surface area contributed by atoms with Crippen molar-refractivity contribution in [3.8, 4) is 0 Å². The van der Waals surface area contributed by atoms with Gasteiger partial charge in [-0.25, -0.2) is 0 Å². The highest BCUT2D eigenvalue weighted by atomic mass is 16.5. The lowest BCUT2D eigenvalue weighted by Crippen LogP contribution is -2.49. The van der Waals surface area contributed by atoms with Gasteiger partial charge in [0.2, 0.25) is 0 Å². The fraction of sp³-hybridized carbons (Fsp3) is 1.00. The molecule has 3 aliphatic rings. The molecule has 0 radical (unpaired) electrons. The van der Waals surface area contributed by atoms with Crippen LogP contribution in [-0.2, 0) is 14.2 Å². The van der Waals surface area contributed by atoms with Gasteiger partial charge in [0.1, 0.15) is 6.23 Å². The molecule has 7 heteroatoms. The molecule has 0 spiro atoms. The Morgan fingerprint density at radius 1 is 0.966 bits per heavy atom. The molecule has 3 fully saturated rings. The summed E-state index contributed by atoms with van der Waals surface area (Å²) in [5.74, 6) is 1.84. The maximum atomic E-state index is 6.60. The van der Waals surface area contributed by atoms with E-state index in [0.29, 0.717) is 17.9 Å². The Balaban J connectivity index is 1.40. The largest absolute Gasteiger partial charge is 0.381 e. The van der Waals surface area contributed by atoms with Gasteiger partial charge in [-0.3, -0.25) is 10.2 Å². The van der Waals surface area contributed by atoms with Crippen molar-refractivity contribution < 1.29 is 14.2 Å². The van der Waals surface area contributed by atoms with E-state index in [-0.39, 0.29) is 6.23 Å². The minimum atomic E-state index is 0.135. The molecule has 1 saturated carbocycles. The van der Waals surface area contributed by atoms with E-state index in [2.05, 4.69) is 34.9 Å². The summed E-state index contributed by atoms with van der Waals surface area (Å²) in [6, 6.07) is 0. The van der Waals surface area contributed by atoms with Crippen LogP contribution in [0.1, 0.15) is 32.1 Å². The second kappa shape index (κ2) is 13.2. The van der Waals surface area contributed by atoms with Crippen molar-refractivity contribution >= 4 is 0 Å². The Morgan fingerprint density at radius 3 is 2.48 bits per heavy atom. The van der Waals surface area contributed by atoms with E-state index in [9.17, 15) is 0 Å². The molecule has 7 nitrogen and oxygen atoms in total. The first kappa shape index (κ1) is 23.4. The summed E-state index contributed by atoms with van der Waals surface area (Å²) in [6.07, 6.45) is 6.56. The number of hydrogen-bond donors (Lipinski definition) is 3. The summed E-state index contributed by atoms with van der Waals surface area (Å²) < 4.78 is 17.9. The summed E-state index contributed by atoms with van der Waals surface area (Å²) in [5, 5.41) is 10.5. The fourth-order valence-electron chi connectivity index (χ4n) is 5.12. The van der Waals surface area contributed by atoms with E-state index < -0.39 is 0 Å². The molecule has 0 bridgehead atoms. The standard InChI is InChI=1S/C22H44N4O3/c1-23-15-18-3-5-20(6-4-18)29-22(24-2)21-7-12-28-17-19(21)16-25-8-9-26-10-13-27-14-11-26/h18-25H,3-17H2,1-2H3. The smallest absolute Gasteiger partial charge is 0.111 e. The zero-order valence-electron chi connectivity index (χ0n) is 18.7. The number of ether oxygens (including phenoxy) is 3. The quantitative estimate of drug-likeness (QED) is 0.344. The predicted molar refractivity (Wildman–Crippen MR) is 116 cm³/mol. The average Bonchev–Trinajstić information content (AvgIpc) is 2.77. The second-order valence-electron chi connectivity index (χ2n) is 8.99. The van der Waals surface area contributed by atoms with E-state index in [0.717, 1.165) is 78.0 Å². The van der Waals surface area contributed by atoms with Gasteiger partial charge in [-0.2, -0.15) is 0 Å². The van der Waals surface area contributed by atoms with Gasteiger partial charge in [-0.1, -0.05) is 0 Å². The van der Waals surface area contributed by atoms with Crippen LogP contribution in [0.5, 0.6) is 0 Å². The third kappa shape index (κ3) is 7.73. The van der Waals surface area contributed by atoms with Gasteiger partial charge in [0.05, 0.1) is 25.9 Å². The van der Waals surface area contributed by atoms with Crippen molar-refractivity contribution in [1.82, 2.24) is 20.9 Å². The zero-order valence-corrected chi connectivity index (χ0v) is 18.7. The molecule has 0 aromatic rings. The van der Waals surface area contributed by atoms with Crippen molar-refractivity contribution in [2.24, 2.45) is 17.8 Å². The topological polar surface area (TPSA) is 67.0 Å². The first-order chi connectivity index (χ1) is 14.3. The highest BCUT2D eigenvalue weighted by Crippen LogP contribution is 2.31. The molecule has 29 heavy (non-hydrogen) atoms. The molecule has 1 aliphatic carbocycles. The Morgan fingerprint density at radius 2 is 1.76 bits per heavy atom. The van der Waals surface area contributed by atoms with Crippen LogP contribution >= 0.6 is 0 Å². The van der Waals surface area contributed by atoms with Gasteiger partial charge in [0.15, 0.2) is 0 Å². The molecule has 3 N–H and O–H groups in total. The predicted octanol–water partition coefficient (Wildman–Crippen LogP) is 0.901. The number of nitrogens with one attached hydrogen (secondary N) is 3. The molecular weight excluding hydrogens is 368 g/mol. The molecule has 2 saturated heterocycles. The minimum absolute atomic E-state index is 0.135. The third-order valence-corrected chi connectivity index (χ3v) is 6.95. The lowest BCUT2D eigenvalue weighted by atomic mass is 9.85. The Labute approximate surface area is 177 Å². The lowest BCUT2D eigenvalue weighted by molar-refractivity contribution is -0.114. The van der Waals surface area contributed by atoms with Crippen LogP contribution in [0.3, 0.4) is 0 Å². The number of hydrogen-bond acceptors (Lipinski definition) is 7. The molecule has 0 aromatic heterocycles. The van der Waals surface area contributed by atoms with Crippen LogP contribution in [0.4, 0.5) is 0 Å². The van der Waals surface area contributed by atoms with Crippen molar-refractivity contribution in [2.75, 3.05) is 79.8 Å². The lowest BCUT2D eigenvalue weighted by Gasteiger charge is -2.39.